The van der Waals surface area contributed by atoms with Crippen LogP contribution < -0.4 is 5.32 Å². The Morgan fingerprint density at radius 3 is 2.48 bits per heavy atom. The van der Waals surface area contributed by atoms with Crippen molar-refractivity contribution in [3.8, 4) is 0 Å². The largest absolute Gasteiger partial charge is 0.416 e. The zero-order chi connectivity index (χ0) is 22.6. The maximum atomic E-state index is 13.1. The van der Waals surface area contributed by atoms with E-state index in [-0.39, 0.29) is 25.2 Å². The van der Waals surface area contributed by atoms with Gasteiger partial charge in [-0.1, -0.05) is 47.6 Å². The molecule has 0 saturated heterocycles. The summed E-state index contributed by atoms with van der Waals surface area (Å²) >= 11 is 0. The van der Waals surface area contributed by atoms with Crippen LogP contribution in [0, 0.1) is 0 Å². The van der Waals surface area contributed by atoms with Gasteiger partial charge in [0.15, 0.2) is 6.10 Å². The molecular formula is C23H26F3N3O2. The van der Waals surface area contributed by atoms with E-state index in [2.05, 4.69) is 10.5 Å². The first-order chi connectivity index (χ1) is 14.5. The molecule has 8 heteroatoms. The van der Waals surface area contributed by atoms with Crippen molar-refractivity contribution >= 4 is 11.7 Å². The molecule has 0 aromatic heterocycles. The lowest BCUT2D eigenvalue weighted by molar-refractivity contribution is -0.137. The summed E-state index contributed by atoms with van der Waals surface area (Å²) in [6.07, 6.45) is -4.32. The molecule has 1 aliphatic rings. The average Bonchev–Trinajstić information content (AvgIpc) is 3.15. The van der Waals surface area contributed by atoms with Crippen molar-refractivity contribution in [2.45, 2.75) is 51.6 Å². The Kier molecular flexibility index (Phi) is 6.57. The summed E-state index contributed by atoms with van der Waals surface area (Å²) in [5.41, 5.74) is 0.870. The van der Waals surface area contributed by atoms with Gasteiger partial charge < -0.3 is 15.1 Å². The number of benzene rings is 2. The number of halogens is 3. The lowest BCUT2D eigenvalue weighted by Gasteiger charge is -2.30. The third kappa shape index (κ3) is 6.47. The summed E-state index contributed by atoms with van der Waals surface area (Å²) in [6.45, 7) is 5.74. The molecule has 0 spiro atoms. The molecule has 0 unspecified atom stereocenters. The van der Waals surface area contributed by atoms with Crippen LogP contribution in [0.15, 0.2) is 59.8 Å². The maximum absolute atomic E-state index is 13.1. The van der Waals surface area contributed by atoms with E-state index in [0.717, 1.165) is 23.4 Å². The zero-order valence-electron chi connectivity index (χ0n) is 17.7. The van der Waals surface area contributed by atoms with Crippen LogP contribution in [0.1, 0.15) is 43.9 Å². The summed E-state index contributed by atoms with van der Waals surface area (Å²) in [7, 11) is 0. The topological polar surface area (TPSA) is 53.9 Å². The number of rotatable bonds is 5. The highest BCUT2D eigenvalue weighted by Gasteiger charge is 2.32. The molecule has 31 heavy (non-hydrogen) atoms. The average molecular weight is 433 g/mol. The first kappa shape index (κ1) is 22.7. The molecule has 1 aliphatic heterocycles. The number of nitrogens with one attached hydrogen (secondary N) is 1. The van der Waals surface area contributed by atoms with Crippen molar-refractivity contribution in [1.29, 1.82) is 0 Å². The molecule has 0 aliphatic carbocycles. The number of nitrogens with zero attached hydrogens (tertiary/aromatic N) is 2. The second kappa shape index (κ2) is 8.99. The molecule has 0 saturated carbocycles. The highest BCUT2D eigenvalue weighted by Crippen LogP contribution is 2.30. The Morgan fingerprint density at radius 1 is 1.13 bits per heavy atom. The van der Waals surface area contributed by atoms with Crippen LogP contribution in [0.4, 0.5) is 18.0 Å². The molecule has 1 heterocycles. The van der Waals surface area contributed by atoms with Crippen LogP contribution in [-0.4, -0.2) is 34.8 Å². The minimum absolute atomic E-state index is 0.0202. The third-order valence-electron chi connectivity index (χ3n) is 4.66. The molecule has 1 N–H and O–H groups in total. The smallest absolute Gasteiger partial charge is 0.390 e. The fourth-order valence-electron chi connectivity index (χ4n) is 3.26. The van der Waals surface area contributed by atoms with Crippen molar-refractivity contribution in [3.63, 3.8) is 0 Å². The van der Waals surface area contributed by atoms with Crippen LogP contribution in [0.25, 0.3) is 0 Å². The second-order valence-corrected chi connectivity index (χ2v) is 8.59. The number of carbonyl (C=O) groups excluding carboxylic acids is 1. The van der Waals surface area contributed by atoms with Gasteiger partial charge in [-0.3, -0.25) is 0 Å². The summed E-state index contributed by atoms with van der Waals surface area (Å²) in [5.74, 6) is 0. The standard InChI is InChI=1S/C23H26F3N3O2/c1-22(2,3)27-21(30)29(14-16-8-7-11-18(12-16)23(24,25)26)15-19-13-20(28-31-19)17-9-5-4-6-10-17/h4-12,19H,13-15H2,1-3H3,(H,27,30)/t19-/m0/s1. The van der Waals surface area contributed by atoms with Gasteiger partial charge in [0.25, 0.3) is 0 Å². The molecule has 2 amide bonds. The molecule has 1 atom stereocenters. The van der Waals surface area contributed by atoms with Gasteiger partial charge in [0.1, 0.15) is 0 Å². The fourth-order valence-corrected chi connectivity index (χ4v) is 3.26. The highest BCUT2D eigenvalue weighted by molar-refractivity contribution is 6.01. The minimum atomic E-state index is -4.44. The Hall–Kier alpha value is -3.03. The molecular weight excluding hydrogens is 407 g/mol. The van der Waals surface area contributed by atoms with Gasteiger partial charge in [-0.2, -0.15) is 13.2 Å². The second-order valence-electron chi connectivity index (χ2n) is 8.59. The van der Waals surface area contributed by atoms with E-state index in [0.29, 0.717) is 12.0 Å². The number of hydrogen-bond acceptors (Lipinski definition) is 3. The summed E-state index contributed by atoms with van der Waals surface area (Å²) in [6, 6.07) is 14.2. The predicted octanol–water partition coefficient (Wildman–Crippen LogP) is 5.21. The molecule has 0 bridgehead atoms. The number of alkyl halides is 3. The van der Waals surface area contributed by atoms with E-state index in [1.165, 1.54) is 11.0 Å². The van der Waals surface area contributed by atoms with Gasteiger partial charge in [0, 0.05) is 18.5 Å². The van der Waals surface area contributed by atoms with Crippen LogP contribution in [0.2, 0.25) is 0 Å². The van der Waals surface area contributed by atoms with Gasteiger partial charge >= 0.3 is 12.2 Å². The number of hydrogen-bond donors (Lipinski definition) is 1. The molecule has 0 radical (unpaired) electrons. The number of urea groups is 1. The molecule has 2 aromatic rings. The summed E-state index contributed by atoms with van der Waals surface area (Å²) < 4.78 is 39.3. The van der Waals surface area contributed by atoms with Crippen molar-refractivity contribution in [3.05, 3.63) is 71.3 Å². The van der Waals surface area contributed by atoms with E-state index in [9.17, 15) is 18.0 Å². The van der Waals surface area contributed by atoms with E-state index < -0.39 is 17.3 Å². The normalized spacial score (nSPS) is 16.5. The van der Waals surface area contributed by atoms with Crippen LogP contribution in [0.5, 0.6) is 0 Å². The van der Waals surface area contributed by atoms with Gasteiger partial charge in [0.2, 0.25) is 0 Å². The van der Waals surface area contributed by atoms with Gasteiger partial charge in [-0.15, -0.1) is 0 Å². The van der Waals surface area contributed by atoms with Gasteiger partial charge in [0.05, 0.1) is 17.8 Å². The van der Waals surface area contributed by atoms with Crippen molar-refractivity contribution in [2.75, 3.05) is 6.54 Å². The quantitative estimate of drug-likeness (QED) is 0.704. The molecule has 0 fully saturated rings. The Balaban J connectivity index is 1.74. The van der Waals surface area contributed by atoms with Crippen molar-refractivity contribution < 1.29 is 22.8 Å². The maximum Gasteiger partial charge on any atom is 0.416 e. The predicted molar refractivity (Wildman–Crippen MR) is 113 cm³/mol. The lowest BCUT2D eigenvalue weighted by atomic mass is 10.0. The van der Waals surface area contributed by atoms with Crippen LogP contribution in [-0.2, 0) is 17.6 Å². The molecule has 2 aromatic carbocycles. The SMILES string of the molecule is CC(C)(C)NC(=O)N(Cc1cccc(C(F)(F)F)c1)C[C@@H]1CC(c2ccccc2)=NO1. The van der Waals surface area contributed by atoms with E-state index >= 15 is 0 Å². The van der Waals surface area contributed by atoms with Crippen LogP contribution >= 0.6 is 0 Å². The van der Waals surface area contributed by atoms with Crippen LogP contribution in [0.3, 0.4) is 0 Å². The van der Waals surface area contributed by atoms with Gasteiger partial charge in [-0.25, -0.2) is 4.79 Å². The number of amides is 2. The molecule has 3 rings (SSSR count). The van der Waals surface area contributed by atoms with Gasteiger partial charge in [-0.05, 0) is 44.0 Å². The Labute approximate surface area is 179 Å². The number of carbonyl (C=O) groups is 1. The van der Waals surface area contributed by atoms with Crippen molar-refractivity contribution in [1.82, 2.24) is 10.2 Å². The molecule has 166 valence electrons. The fraction of sp³-hybridized carbons (Fsp3) is 0.391. The lowest BCUT2D eigenvalue weighted by Crippen LogP contribution is -2.50. The number of oxime groups is 1. The van der Waals surface area contributed by atoms with E-state index in [1.807, 2.05) is 51.1 Å². The Bertz CT molecular complexity index is 937. The van der Waals surface area contributed by atoms with E-state index in [1.54, 1.807) is 6.07 Å². The summed E-state index contributed by atoms with van der Waals surface area (Å²) in [4.78, 5) is 19.9. The third-order valence-corrected chi connectivity index (χ3v) is 4.66. The zero-order valence-corrected chi connectivity index (χ0v) is 17.7. The van der Waals surface area contributed by atoms with E-state index in [4.69, 9.17) is 4.84 Å². The molecule has 5 nitrogen and oxygen atoms in total. The van der Waals surface area contributed by atoms with Crippen molar-refractivity contribution in [2.24, 2.45) is 5.16 Å². The Morgan fingerprint density at radius 2 is 1.84 bits per heavy atom. The minimum Gasteiger partial charge on any atom is -0.390 e. The highest BCUT2D eigenvalue weighted by atomic mass is 19.4. The monoisotopic (exact) mass is 433 g/mol. The summed E-state index contributed by atoms with van der Waals surface area (Å²) in [5, 5.41) is 7.01. The first-order valence-corrected chi connectivity index (χ1v) is 10.0. The first-order valence-electron chi connectivity index (χ1n) is 10.0.